The van der Waals surface area contributed by atoms with Crippen molar-refractivity contribution >= 4 is 22.6 Å². The normalized spacial score (nSPS) is 13.8. The molecule has 2 aromatic rings. The Labute approximate surface area is 134 Å². The summed E-state index contributed by atoms with van der Waals surface area (Å²) >= 11 is 2.32. The molecule has 0 amide bonds. The molecule has 1 unspecified atom stereocenters. The second-order valence-corrected chi connectivity index (χ2v) is 6.73. The average Bonchev–Trinajstić information content (AvgIpc) is 2.41. The van der Waals surface area contributed by atoms with Gasteiger partial charge in [-0.2, -0.15) is 0 Å². The van der Waals surface area contributed by atoms with Gasteiger partial charge in [0.05, 0.1) is 7.11 Å². The predicted molar refractivity (Wildman–Crippen MR) is 92.2 cm³/mol. The van der Waals surface area contributed by atoms with Gasteiger partial charge in [-0.1, -0.05) is 24.3 Å². The molecule has 3 heteroatoms. The molecular weight excluding hydrogens is 361 g/mol. The van der Waals surface area contributed by atoms with Gasteiger partial charge in [-0.05, 0) is 77.7 Å². The van der Waals surface area contributed by atoms with Gasteiger partial charge in [0.25, 0.3) is 0 Å². The summed E-state index contributed by atoms with van der Waals surface area (Å²) in [5.41, 5.74) is 8.73. The topological polar surface area (TPSA) is 35.2 Å². The predicted octanol–water partition coefficient (Wildman–Crippen LogP) is 3.80. The van der Waals surface area contributed by atoms with Crippen molar-refractivity contribution in [2.75, 3.05) is 7.11 Å². The zero-order valence-corrected chi connectivity index (χ0v) is 14.1. The summed E-state index contributed by atoms with van der Waals surface area (Å²) in [6.07, 6.45) is 1.72. The van der Waals surface area contributed by atoms with Crippen LogP contribution < -0.4 is 10.5 Å². The maximum Gasteiger partial charge on any atom is 0.118 e. The van der Waals surface area contributed by atoms with Crippen molar-refractivity contribution in [3.63, 3.8) is 0 Å². The van der Waals surface area contributed by atoms with E-state index in [1.165, 1.54) is 14.7 Å². The number of halogens is 1. The van der Waals surface area contributed by atoms with E-state index in [4.69, 9.17) is 10.5 Å². The molecule has 0 spiro atoms. The Kier molecular flexibility index (Phi) is 5.05. The lowest BCUT2D eigenvalue weighted by atomic mass is 9.87. The van der Waals surface area contributed by atoms with Gasteiger partial charge >= 0.3 is 0 Å². The van der Waals surface area contributed by atoms with Gasteiger partial charge in [0.1, 0.15) is 5.75 Å². The van der Waals surface area contributed by atoms with Gasteiger partial charge in [0, 0.05) is 9.11 Å². The number of benzene rings is 2. The van der Waals surface area contributed by atoms with E-state index in [-0.39, 0.29) is 5.54 Å². The van der Waals surface area contributed by atoms with Gasteiger partial charge in [-0.15, -0.1) is 0 Å². The van der Waals surface area contributed by atoms with Crippen LogP contribution in [0.25, 0.3) is 0 Å². The van der Waals surface area contributed by atoms with Crippen LogP contribution in [-0.4, -0.2) is 12.6 Å². The van der Waals surface area contributed by atoms with Gasteiger partial charge in [0.15, 0.2) is 0 Å². The van der Waals surface area contributed by atoms with Crippen LogP contribution in [0.2, 0.25) is 0 Å². The summed E-state index contributed by atoms with van der Waals surface area (Å²) in [7, 11) is 1.68. The molecule has 0 heterocycles. The first-order valence-electron chi connectivity index (χ1n) is 6.65. The SMILES string of the molecule is COc1ccc(CC(C)(N)Cc2ccc(I)cc2)cc1. The zero-order valence-electron chi connectivity index (χ0n) is 11.9. The summed E-state index contributed by atoms with van der Waals surface area (Å²) in [6.45, 7) is 2.11. The second kappa shape index (κ2) is 6.59. The van der Waals surface area contributed by atoms with Crippen LogP contribution >= 0.6 is 22.6 Å². The summed E-state index contributed by atoms with van der Waals surface area (Å²) < 4.78 is 6.42. The van der Waals surface area contributed by atoms with Crippen LogP contribution in [0.3, 0.4) is 0 Å². The van der Waals surface area contributed by atoms with Crippen molar-refractivity contribution in [2.45, 2.75) is 25.3 Å². The molecular formula is C17H20INO. The molecule has 0 fully saturated rings. The molecule has 20 heavy (non-hydrogen) atoms. The summed E-state index contributed by atoms with van der Waals surface area (Å²) in [6, 6.07) is 16.7. The molecule has 1 atom stereocenters. The third-order valence-electron chi connectivity index (χ3n) is 3.29. The minimum Gasteiger partial charge on any atom is -0.497 e. The van der Waals surface area contributed by atoms with Crippen molar-refractivity contribution in [3.8, 4) is 5.75 Å². The van der Waals surface area contributed by atoms with Gasteiger partial charge < -0.3 is 10.5 Å². The van der Waals surface area contributed by atoms with E-state index >= 15 is 0 Å². The fourth-order valence-electron chi connectivity index (χ4n) is 2.34. The first kappa shape index (κ1) is 15.3. The molecule has 0 bridgehead atoms. The maximum atomic E-state index is 6.46. The maximum absolute atomic E-state index is 6.46. The fraction of sp³-hybridized carbons (Fsp3) is 0.294. The van der Waals surface area contributed by atoms with Crippen molar-refractivity contribution in [3.05, 3.63) is 63.2 Å². The minimum atomic E-state index is -0.249. The number of ether oxygens (including phenoxy) is 1. The number of hydrogen-bond acceptors (Lipinski definition) is 2. The number of hydrogen-bond donors (Lipinski definition) is 1. The highest BCUT2D eigenvalue weighted by molar-refractivity contribution is 14.1. The van der Waals surface area contributed by atoms with Crippen molar-refractivity contribution in [1.29, 1.82) is 0 Å². The molecule has 2 aromatic carbocycles. The number of nitrogens with two attached hydrogens (primary N) is 1. The van der Waals surface area contributed by atoms with Gasteiger partial charge in [-0.25, -0.2) is 0 Å². The van der Waals surface area contributed by atoms with Crippen molar-refractivity contribution < 1.29 is 4.74 Å². The number of methoxy groups -OCH3 is 1. The lowest BCUT2D eigenvalue weighted by Gasteiger charge is -2.25. The monoisotopic (exact) mass is 381 g/mol. The van der Waals surface area contributed by atoms with Gasteiger partial charge in [-0.3, -0.25) is 0 Å². The van der Waals surface area contributed by atoms with Crippen LogP contribution in [0.1, 0.15) is 18.1 Å². The van der Waals surface area contributed by atoms with Crippen LogP contribution in [-0.2, 0) is 12.8 Å². The third kappa shape index (κ3) is 4.49. The Morgan fingerprint density at radius 2 is 1.40 bits per heavy atom. The molecule has 2 rings (SSSR count). The number of rotatable bonds is 5. The fourth-order valence-corrected chi connectivity index (χ4v) is 2.70. The molecule has 0 saturated heterocycles. The van der Waals surface area contributed by atoms with E-state index < -0.39 is 0 Å². The summed E-state index contributed by atoms with van der Waals surface area (Å²) in [4.78, 5) is 0. The van der Waals surface area contributed by atoms with Crippen LogP contribution in [0.15, 0.2) is 48.5 Å². The lowest BCUT2D eigenvalue weighted by molar-refractivity contribution is 0.414. The smallest absolute Gasteiger partial charge is 0.118 e. The largest absolute Gasteiger partial charge is 0.497 e. The van der Waals surface area contributed by atoms with Gasteiger partial charge in [0.2, 0.25) is 0 Å². The highest BCUT2D eigenvalue weighted by atomic mass is 127. The van der Waals surface area contributed by atoms with E-state index in [1.807, 2.05) is 12.1 Å². The minimum absolute atomic E-state index is 0.249. The quantitative estimate of drug-likeness (QED) is 0.800. The molecule has 2 nitrogen and oxygen atoms in total. The Morgan fingerprint density at radius 3 is 1.85 bits per heavy atom. The molecule has 0 aliphatic rings. The van der Waals surface area contributed by atoms with Crippen molar-refractivity contribution in [2.24, 2.45) is 5.73 Å². The molecule has 0 aliphatic heterocycles. The van der Waals surface area contributed by atoms with E-state index in [0.29, 0.717) is 0 Å². The van der Waals surface area contributed by atoms with E-state index in [1.54, 1.807) is 7.11 Å². The zero-order chi connectivity index (χ0) is 14.6. The Morgan fingerprint density at radius 1 is 0.950 bits per heavy atom. The third-order valence-corrected chi connectivity index (χ3v) is 4.01. The summed E-state index contributed by atoms with van der Waals surface area (Å²) in [5, 5.41) is 0. The molecule has 2 N–H and O–H groups in total. The van der Waals surface area contributed by atoms with Crippen LogP contribution in [0.4, 0.5) is 0 Å². The Hall–Kier alpha value is -1.07. The van der Waals surface area contributed by atoms with Crippen LogP contribution in [0, 0.1) is 3.57 Å². The molecule has 0 aromatic heterocycles. The van der Waals surface area contributed by atoms with E-state index in [0.717, 1.165) is 18.6 Å². The highest BCUT2D eigenvalue weighted by Crippen LogP contribution is 2.19. The Bertz CT molecular complexity index is 546. The molecule has 0 radical (unpaired) electrons. The van der Waals surface area contributed by atoms with E-state index in [9.17, 15) is 0 Å². The molecule has 0 saturated carbocycles. The second-order valence-electron chi connectivity index (χ2n) is 5.48. The van der Waals surface area contributed by atoms with E-state index in [2.05, 4.69) is 65.9 Å². The first-order valence-corrected chi connectivity index (χ1v) is 7.73. The van der Waals surface area contributed by atoms with Crippen LogP contribution in [0.5, 0.6) is 5.75 Å². The average molecular weight is 381 g/mol. The highest BCUT2D eigenvalue weighted by Gasteiger charge is 2.19. The molecule has 106 valence electrons. The lowest BCUT2D eigenvalue weighted by Crippen LogP contribution is -2.40. The first-order chi connectivity index (χ1) is 9.48. The standard InChI is InChI=1S/C17H20INO/c1-17(19,11-13-3-7-15(18)8-4-13)12-14-5-9-16(20-2)10-6-14/h3-10H,11-12,19H2,1-2H3. The van der Waals surface area contributed by atoms with Crippen molar-refractivity contribution in [1.82, 2.24) is 0 Å². The Balaban J connectivity index is 2.03. The molecule has 0 aliphatic carbocycles. The summed E-state index contributed by atoms with van der Waals surface area (Å²) in [5.74, 6) is 0.880.